The van der Waals surface area contributed by atoms with Gasteiger partial charge in [-0.1, -0.05) is 32.4 Å². The highest BCUT2D eigenvalue weighted by Crippen LogP contribution is 2.29. The minimum absolute atomic E-state index is 0.0155. The first-order valence-electron chi connectivity index (χ1n) is 8.29. The van der Waals surface area contributed by atoms with Gasteiger partial charge >= 0.3 is 0 Å². The number of carbonyl (C=O) groups is 1. The molecule has 1 aromatic carbocycles. The van der Waals surface area contributed by atoms with E-state index in [1.807, 2.05) is 0 Å². The Kier molecular flexibility index (Phi) is 6.33. The minimum atomic E-state index is -1.64. The van der Waals surface area contributed by atoms with Crippen LogP contribution in [-0.4, -0.2) is 22.4 Å². The van der Waals surface area contributed by atoms with Gasteiger partial charge in [0.1, 0.15) is 5.82 Å². The molecule has 2 aromatic rings. The summed E-state index contributed by atoms with van der Waals surface area (Å²) in [6, 6.07) is 7.01. The van der Waals surface area contributed by atoms with Crippen molar-refractivity contribution in [1.82, 2.24) is 15.6 Å². The monoisotopic (exact) mass is 402 g/mol. The second-order valence-electron chi connectivity index (χ2n) is 7.04. The number of aliphatic imine (C=N–C) groups is 1. The molecule has 9 heteroatoms. The molecular formula is C19H20ClFN6O. The minimum Gasteiger partial charge on any atom is -0.327 e. The van der Waals surface area contributed by atoms with Crippen LogP contribution < -0.4 is 16.4 Å². The fraction of sp³-hybridized carbons (Fsp3) is 0.263. The van der Waals surface area contributed by atoms with Crippen molar-refractivity contribution in [2.24, 2.45) is 16.1 Å². The van der Waals surface area contributed by atoms with Gasteiger partial charge < -0.3 is 11.1 Å². The Balaban J connectivity index is 2.51. The topological polar surface area (TPSA) is 116 Å². The van der Waals surface area contributed by atoms with E-state index in [9.17, 15) is 9.18 Å². The summed E-state index contributed by atoms with van der Waals surface area (Å²) in [5, 5.41) is 14.4. The van der Waals surface area contributed by atoms with Crippen molar-refractivity contribution < 1.29 is 9.18 Å². The van der Waals surface area contributed by atoms with Crippen molar-refractivity contribution in [2.75, 3.05) is 0 Å². The standard InChI is InChI=1S/C19H20ClFN6O/c1-18(2,3)19(23,17(25-11-22)26-13-5-4-8-24-10-13)27-16(28)14-7-6-12(20)9-15(14)21/h4-10H,23H2,1-3H3,(H,25,26)(H,27,28)/t19-/m0/s1. The molecule has 1 aromatic heterocycles. The third-order valence-electron chi connectivity index (χ3n) is 4.10. The van der Waals surface area contributed by atoms with Crippen LogP contribution in [0.2, 0.25) is 5.02 Å². The van der Waals surface area contributed by atoms with Crippen molar-refractivity contribution in [1.29, 1.82) is 5.26 Å². The van der Waals surface area contributed by atoms with Crippen molar-refractivity contribution >= 4 is 29.0 Å². The normalized spacial score (nSPS) is 14.0. The Hall–Kier alpha value is -3.02. The molecule has 0 unspecified atom stereocenters. The van der Waals surface area contributed by atoms with Gasteiger partial charge in [0.2, 0.25) is 0 Å². The van der Waals surface area contributed by atoms with Crippen LogP contribution >= 0.6 is 11.6 Å². The largest absolute Gasteiger partial charge is 0.327 e. The first kappa shape index (κ1) is 21.3. The number of aromatic nitrogens is 1. The van der Waals surface area contributed by atoms with Crippen LogP contribution in [0.4, 0.5) is 10.1 Å². The molecule has 1 heterocycles. The summed E-state index contributed by atoms with van der Waals surface area (Å²) in [5.74, 6) is -1.58. The number of carbonyl (C=O) groups excluding carboxylic acids is 1. The van der Waals surface area contributed by atoms with E-state index in [0.717, 1.165) is 6.07 Å². The van der Waals surface area contributed by atoms with E-state index in [-0.39, 0.29) is 16.4 Å². The second-order valence-corrected chi connectivity index (χ2v) is 7.48. The molecule has 2 rings (SSSR count). The number of nitrogens with two attached hydrogens (primary N) is 1. The summed E-state index contributed by atoms with van der Waals surface area (Å²) in [6.07, 6.45) is 4.82. The number of halogens is 2. The van der Waals surface area contributed by atoms with Gasteiger partial charge in [-0.25, -0.2) is 9.38 Å². The van der Waals surface area contributed by atoms with Gasteiger partial charge in [-0.2, -0.15) is 5.26 Å². The van der Waals surface area contributed by atoms with Gasteiger partial charge in [0, 0.05) is 16.6 Å². The number of amidine groups is 1. The Labute approximate surface area is 167 Å². The van der Waals surface area contributed by atoms with Crippen LogP contribution in [0.5, 0.6) is 0 Å². The molecule has 0 fully saturated rings. The molecule has 28 heavy (non-hydrogen) atoms. The first-order valence-corrected chi connectivity index (χ1v) is 8.67. The molecular weight excluding hydrogens is 383 g/mol. The van der Waals surface area contributed by atoms with E-state index >= 15 is 0 Å². The zero-order chi connectivity index (χ0) is 20.9. The molecule has 0 spiro atoms. The van der Waals surface area contributed by atoms with Crippen molar-refractivity contribution in [3.63, 3.8) is 0 Å². The average Bonchev–Trinajstić information content (AvgIpc) is 2.61. The molecule has 1 atom stereocenters. The van der Waals surface area contributed by atoms with Gasteiger partial charge in [0.05, 0.1) is 17.4 Å². The highest BCUT2D eigenvalue weighted by atomic mass is 35.5. The van der Waals surface area contributed by atoms with E-state index in [4.69, 9.17) is 22.6 Å². The average molecular weight is 403 g/mol. The maximum absolute atomic E-state index is 14.2. The first-order chi connectivity index (χ1) is 13.1. The molecule has 0 bridgehead atoms. The Morgan fingerprint density at radius 3 is 2.61 bits per heavy atom. The molecule has 4 N–H and O–H groups in total. The molecule has 0 aliphatic rings. The molecule has 146 valence electrons. The predicted octanol–water partition coefficient (Wildman–Crippen LogP) is 3.11. The molecule has 0 aliphatic carbocycles. The van der Waals surface area contributed by atoms with Crippen LogP contribution in [0, 0.1) is 22.7 Å². The van der Waals surface area contributed by atoms with E-state index in [1.165, 1.54) is 18.3 Å². The zero-order valence-corrected chi connectivity index (χ0v) is 16.4. The Morgan fingerprint density at radius 1 is 1.36 bits per heavy atom. The summed E-state index contributed by atoms with van der Waals surface area (Å²) >= 11 is 5.74. The van der Waals surface area contributed by atoms with E-state index < -0.39 is 22.8 Å². The molecule has 1 amide bonds. The number of nitriles is 1. The van der Waals surface area contributed by atoms with Crippen molar-refractivity contribution in [2.45, 2.75) is 26.4 Å². The van der Waals surface area contributed by atoms with Crippen LogP contribution in [-0.2, 0) is 0 Å². The number of rotatable bonds is 4. The maximum atomic E-state index is 14.2. The number of benzene rings is 1. The summed E-state index contributed by atoms with van der Waals surface area (Å²) in [5.41, 5.74) is 4.27. The van der Waals surface area contributed by atoms with Crippen LogP contribution in [0.3, 0.4) is 0 Å². The van der Waals surface area contributed by atoms with E-state index in [0.29, 0.717) is 5.69 Å². The fourth-order valence-corrected chi connectivity index (χ4v) is 2.50. The van der Waals surface area contributed by atoms with Crippen LogP contribution in [0.25, 0.3) is 0 Å². The number of pyridine rings is 1. The molecule has 7 nitrogen and oxygen atoms in total. The van der Waals surface area contributed by atoms with Gasteiger partial charge in [-0.05, 0) is 30.3 Å². The molecule has 0 aliphatic heterocycles. The third kappa shape index (κ3) is 4.63. The molecule has 0 saturated carbocycles. The molecule has 0 radical (unpaired) electrons. The summed E-state index contributed by atoms with van der Waals surface area (Å²) in [6.45, 7) is 5.26. The highest BCUT2D eigenvalue weighted by molar-refractivity contribution is 6.30. The number of amides is 1. The lowest BCUT2D eigenvalue weighted by molar-refractivity contribution is 0.0861. The lowest BCUT2D eigenvalue weighted by Crippen LogP contribution is -2.71. The lowest BCUT2D eigenvalue weighted by atomic mass is 9.79. The second kappa shape index (κ2) is 8.33. The van der Waals surface area contributed by atoms with Gasteiger partial charge in [-0.3, -0.25) is 15.1 Å². The van der Waals surface area contributed by atoms with Crippen molar-refractivity contribution in [3.05, 3.63) is 59.1 Å². The molecule has 0 saturated heterocycles. The number of hydrogen-bond donors (Lipinski definition) is 3. The van der Waals surface area contributed by atoms with E-state index in [2.05, 4.69) is 20.6 Å². The number of hydrogen-bond acceptors (Lipinski definition) is 5. The maximum Gasteiger partial charge on any atom is 0.256 e. The summed E-state index contributed by atoms with van der Waals surface area (Å²) < 4.78 is 14.2. The van der Waals surface area contributed by atoms with Crippen molar-refractivity contribution in [3.8, 4) is 6.19 Å². The highest BCUT2D eigenvalue weighted by Gasteiger charge is 2.45. The van der Waals surface area contributed by atoms with Crippen LogP contribution in [0.1, 0.15) is 31.1 Å². The smallest absolute Gasteiger partial charge is 0.256 e. The Bertz CT molecular complexity index is 936. The van der Waals surface area contributed by atoms with Gasteiger partial charge in [0.15, 0.2) is 17.7 Å². The third-order valence-corrected chi connectivity index (χ3v) is 4.34. The Morgan fingerprint density at radius 2 is 2.07 bits per heavy atom. The predicted molar refractivity (Wildman–Crippen MR) is 105 cm³/mol. The van der Waals surface area contributed by atoms with Gasteiger partial charge in [0.25, 0.3) is 5.91 Å². The zero-order valence-electron chi connectivity index (χ0n) is 15.6. The van der Waals surface area contributed by atoms with E-state index in [1.54, 1.807) is 45.3 Å². The van der Waals surface area contributed by atoms with Gasteiger partial charge in [-0.15, -0.1) is 0 Å². The fourth-order valence-electron chi connectivity index (χ4n) is 2.34. The summed E-state index contributed by atoms with van der Waals surface area (Å²) in [4.78, 5) is 21.0. The number of nitrogens with one attached hydrogen (secondary N) is 2. The number of nitrogens with zero attached hydrogens (tertiary/aromatic N) is 3. The summed E-state index contributed by atoms with van der Waals surface area (Å²) in [7, 11) is 0. The SMILES string of the molecule is CC(C)(C)[C@@](N)(NC(=O)c1ccc(Cl)cc1F)C(=Nc1cccnc1)NC#N. The van der Waals surface area contributed by atoms with Crippen LogP contribution in [0.15, 0.2) is 47.7 Å². The quantitative estimate of drug-likeness (QED) is 0.239. The lowest BCUT2D eigenvalue weighted by Gasteiger charge is -2.42.